The molecule has 0 aliphatic heterocycles. The first-order valence-corrected chi connectivity index (χ1v) is 9.86. The van der Waals surface area contributed by atoms with Crippen LogP contribution in [0.15, 0.2) is 72.8 Å². The minimum Gasteiger partial charge on any atom is -0.345 e. The van der Waals surface area contributed by atoms with Crippen molar-refractivity contribution < 1.29 is 4.79 Å². The monoisotopic (exact) mass is 383 g/mol. The van der Waals surface area contributed by atoms with Crippen molar-refractivity contribution in [1.82, 2.24) is 14.9 Å². The van der Waals surface area contributed by atoms with E-state index < -0.39 is 0 Å². The number of fused-ring (bicyclic) bond motifs is 1. The first-order valence-electron chi connectivity index (χ1n) is 9.86. The molecule has 0 bridgehead atoms. The summed E-state index contributed by atoms with van der Waals surface area (Å²) in [6.45, 7) is 4.08. The Morgan fingerprint density at radius 2 is 1.69 bits per heavy atom. The smallest absolute Gasteiger partial charge is 0.251 e. The van der Waals surface area contributed by atoms with Gasteiger partial charge in [-0.25, -0.2) is 4.98 Å². The zero-order chi connectivity index (χ0) is 20.4. The number of hydrogen-bond donors (Lipinski definition) is 1. The van der Waals surface area contributed by atoms with E-state index in [0.717, 1.165) is 28.0 Å². The Kier molecular flexibility index (Phi) is 5.17. The number of aryl methyl sites for hydroxylation is 3. The molecule has 0 spiro atoms. The van der Waals surface area contributed by atoms with E-state index in [1.807, 2.05) is 80.7 Å². The number of nitrogens with zero attached hydrogens (tertiary/aromatic N) is 2. The van der Waals surface area contributed by atoms with E-state index >= 15 is 0 Å². The van der Waals surface area contributed by atoms with Gasteiger partial charge in [-0.2, -0.15) is 0 Å². The summed E-state index contributed by atoms with van der Waals surface area (Å²) in [5, 5.41) is 3.22. The highest BCUT2D eigenvalue weighted by atomic mass is 16.1. The highest BCUT2D eigenvalue weighted by Crippen LogP contribution is 2.22. The lowest BCUT2D eigenvalue weighted by atomic mass is 10.0. The standard InChI is InChI=1S/C25H25N3O/c1-17-13-14-20(15-18(17)2)25(29)27-22(19-9-5-4-6-10-19)16-24-26-21-11-7-8-12-23(21)28(24)3/h4-15,22H,16H2,1-3H3,(H,27,29). The molecule has 0 aliphatic carbocycles. The molecule has 1 unspecified atom stereocenters. The summed E-state index contributed by atoms with van der Waals surface area (Å²) in [4.78, 5) is 17.8. The number of para-hydroxylation sites is 2. The van der Waals surface area contributed by atoms with Crippen LogP contribution in [0.3, 0.4) is 0 Å². The number of amides is 1. The van der Waals surface area contributed by atoms with Gasteiger partial charge < -0.3 is 9.88 Å². The van der Waals surface area contributed by atoms with Crippen LogP contribution in [0, 0.1) is 13.8 Å². The number of carbonyl (C=O) groups excluding carboxylic acids is 1. The zero-order valence-corrected chi connectivity index (χ0v) is 17.0. The van der Waals surface area contributed by atoms with Crippen molar-refractivity contribution in [3.8, 4) is 0 Å². The average molecular weight is 383 g/mol. The minimum atomic E-state index is -0.166. The summed E-state index contributed by atoms with van der Waals surface area (Å²) in [7, 11) is 2.03. The van der Waals surface area contributed by atoms with Crippen molar-refractivity contribution in [2.75, 3.05) is 0 Å². The van der Waals surface area contributed by atoms with E-state index in [-0.39, 0.29) is 11.9 Å². The number of rotatable bonds is 5. The fraction of sp³-hybridized carbons (Fsp3) is 0.200. The van der Waals surface area contributed by atoms with Gasteiger partial charge in [-0.1, -0.05) is 48.5 Å². The number of benzene rings is 3. The van der Waals surface area contributed by atoms with Crippen LogP contribution in [0.5, 0.6) is 0 Å². The maximum atomic E-state index is 13.0. The molecule has 0 aliphatic rings. The van der Waals surface area contributed by atoms with Crippen LogP contribution in [-0.2, 0) is 13.5 Å². The topological polar surface area (TPSA) is 46.9 Å². The molecule has 4 rings (SSSR count). The van der Waals surface area contributed by atoms with Crippen molar-refractivity contribution >= 4 is 16.9 Å². The molecule has 0 saturated carbocycles. The average Bonchev–Trinajstić information content (AvgIpc) is 3.06. The van der Waals surface area contributed by atoms with Gasteiger partial charge in [0.15, 0.2) is 0 Å². The summed E-state index contributed by atoms with van der Waals surface area (Å²) < 4.78 is 2.10. The van der Waals surface area contributed by atoms with Crippen molar-refractivity contribution in [1.29, 1.82) is 0 Å². The molecule has 1 heterocycles. The van der Waals surface area contributed by atoms with Crippen molar-refractivity contribution in [3.63, 3.8) is 0 Å². The first kappa shape index (κ1) is 18.9. The summed E-state index contributed by atoms with van der Waals surface area (Å²) in [6.07, 6.45) is 0.617. The van der Waals surface area contributed by atoms with Crippen LogP contribution >= 0.6 is 0 Å². The van der Waals surface area contributed by atoms with Crippen molar-refractivity contribution in [3.05, 3.63) is 101 Å². The van der Waals surface area contributed by atoms with E-state index in [9.17, 15) is 4.79 Å². The lowest BCUT2D eigenvalue weighted by molar-refractivity contribution is 0.0936. The van der Waals surface area contributed by atoms with Crippen LogP contribution in [0.4, 0.5) is 0 Å². The number of hydrogen-bond acceptors (Lipinski definition) is 2. The van der Waals surface area contributed by atoms with Crippen molar-refractivity contribution in [2.24, 2.45) is 7.05 Å². The fourth-order valence-electron chi connectivity index (χ4n) is 3.62. The first-order chi connectivity index (χ1) is 14.0. The third kappa shape index (κ3) is 3.92. The van der Waals surface area contributed by atoms with E-state index in [1.165, 1.54) is 5.56 Å². The Balaban J connectivity index is 1.65. The summed E-state index contributed by atoms with van der Waals surface area (Å²) in [5.41, 5.74) is 6.10. The fourth-order valence-corrected chi connectivity index (χ4v) is 3.62. The molecule has 29 heavy (non-hydrogen) atoms. The third-order valence-corrected chi connectivity index (χ3v) is 5.54. The Hall–Kier alpha value is -3.40. The van der Waals surface area contributed by atoms with Gasteiger partial charge in [0.05, 0.1) is 17.1 Å². The predicted octanol–water partition coefficient (Wildman–Crippen LogP) is 4.90. The highest BCUT2D eigenvalue weighted by Gasteiger charge is 2.19. The molecular weight excluding hydrogens is 358 g/mol. The van der Waals surface area contributed by atoms with Gasteiger partial charge in [0, 0.05) is 19.0 Å². The molecular formula is C25H25N3O. The maximum absolute atomic E-state index is 13.0. The second-order valence-corrected chi connectivity index (χ2v) is 7.52. The second-order valence-electron chi connectivity index (χ2n) is 7.52. The Labute approximate surface area is 171 Å². The summed E-state index contributed by atoms with van der Waals surface area (Å²) in [5.74, 6) is 0.876. The van der Waals surface area contributed by atoms with Crippen LogP contribution in [0.2, 0.25) is 0 Å². The molecule has 4 aromatic rings. The quantitative estimate of drug-likeness (QED) is 0.533. The molecule has 4 heteroatoms. The molecule has 1 amide bonds. The van der Waals surface area contributed by atoms with Gasteiger partial charge >= 0.3 is 0 Å². The zero-order valence-electron chi connectivity index (χ0n) is 17.0. The normalized spacial score (nSPS) is 12.1. The number of carbonyl (C=O) groups is 1. The number of imidazole rings is 1. The van der Waals surface area contributed by atoms with E-state index in [4.69, 9.17) is 4.98 Å². The molecule has 0 radical (unpaired) electrons. The van der Waals surface area contributed by atoms with Crippen LogP contribution in [-0.4, -0.2) is 15.5 Å². The van der Waals surface area contributed by atoms with E-state index in [1.54, 1.807) is 0 Å². The minimum absolute atomic E-state index is 0.0688. The van der Waals surface area contributed by atoms with Gasteiger partial charge in [-0.3, -0.25) is 4.79 Å². The lowest BCUT2D eigenvalue weighted by Gasteiger charge is -2.19. The Bertz CT molecular complexity index is 1160. The molecule has 4 nitrogen and oxygen atoms in total. The Morgan fingerprint density at radius 3 is 2.41 bits per heavy atom. The summed E-state index contributed by atoms with van der Waals surface area (Å²) in [6, 6.07) is 23.8. The molecule has 0 fully saturated rings. The molecule has 146 valence electrons. The number of nitrogens with one attached hydrogen (secondary N) is 1. The van der Waals surface area contributed by atoms with Gasteiger partial charge in [0.25, 0.3) is 5.91 Å². The molecule has 3 aromatic carbocycles. The lowest BCUT2D eigenvalue weighted by Crippen LogP contribution is -2.30. The predicted molar refractivity (Wildman–Crippen MR) is 117 cm³/mol. The van der Waals surface area contributed by atoms with Crippen LogP contribution < -0.4 is 5.32 Å². The van der Waals surface area contributed by atoms with Crippen molar-refractivity contribution in [2.45, 2.75) is 26.3 Å². The van der Waals surface area contributed by atoms with Gasteiger partial charge in [-0.15, -0.1) is 0 Å². The Morgan fingerprint density at radius 1 is 0.966 bits per heavy atom. The molecule has 1 aromatic heterocycles. The van der Waals surface area contributed by atoms with E-state index in [2.05, 4.69) is 22.9 Å². The van der Waals surface area contributed by atoms with Gasteiger partial charge in [0.2, 0.25) is 0 Å². The third-order valence-electron chi connectivity index (χ3n) is 5.54. The SMILES string of the molecule is Cc1ccc(C(=O)NC(Cc2nc3ccccc3n2C)c2ccccc2)cc1C. The highest BCUT2D eigenvalue weighted by molar-refractivity contribution is 5.94. The molecule has 0 saturated heterocycles. The second kappa shape index (κ2) is 7.92. The number of aromatic nitrogens is 2. The maximum Gasteiger partial charge on any atom is 0.251 e. The van der Waals surface area contributed by atoms with E-state index in [0.29, 0.717) is 12.0 Å². The molecule has 1 atom stereocenters. The van der Waals surface area contributed by atoms with Crippen LogP contribution in [0.1, 0.15) is 38.9 Å². The largest absolute Gasteiger partial charge is 0.345 e. The summed E-state index contributed by atoms with van der Waals surface area (Å²) >= 11 is 0. The van der Waals surface area contributed by atoms with Gasteiger partial charge in [-0.05, 0) is 54.8 Å². The van der Waals surface area contributed by atoms with Gasteiger partial charge in [0.1, 0.15) is 5.82 Å². The molecule has 1 N–H and O–H groups in total. The van der Waals surface area contributed by atoms with Crippen LogP contribution in [0.25, 0.3) is 11.0 Å².